The number of anilines is 1. The van der Waals surface area contributed by atoms with Crippen LogP contribution in [0, 0.1) is 0 Å². The highest BCUT2D eigenvalue weighted by molar-refractivity contribution is 6.32. The lowest BCUT2D eigenvalue weighted by molar-refractivity contribution is -0.0970. The number of rotatable bonds is 7. The van der Waals surface area contributed by atoms with Crippen molar-refractivity contribution >= 4 is 23.3 Å². The predicted octanol–water partition coefficient (Wildman–Crippen LogP) is 2.10. The minimum atomic E-state index is -0.517. The molecule has 0 heterocycles. The molecular formula is C13H19ClN2O5. The van der Waals surface area contributed by atoms with Gasteiger partial charge in [0, 0.05) is 20.3 Å². The number of hydrogen-bond acceptors (Lipinski definition) is 5. The Bertz CT molecular complexity index is 480. The van der Waals surface area contributed by atoms with E-state index in [9.17, 15) is 4.79 Å². The maximum absolute atomic E-state index is 11.8. The number of amides is 2. The highest BCUT2D eigenvalue weighted by Crippen LogP contribution is 2.35. The number of carbonyl (C=O) groups is 1. The van der Waals surface area contributed by atoms with Crippen LogP contribution in [-0.2, 0) is 9.47 Å². The number of carbonyl (C=O) groups excluding carboxylic acids is 1. The van der Waals surface area contributed by atoms with Gasteiger partial charge in [-0.3, -0.25) is 0 Å². The van der Waals surface area contributed by atoms with E-state index in [4.69, 9.17) is 30.5 Å². The molecule has 0 aromatic heterocycles. The van der Waals surface area contributed by atoms with Crippen LogP contribution < -0.4 is 20.1 Å². The number of halogens is 1. The first-order valence-electron chi connectivity index (χ1n) is 6.07. The number of methoxy groups -OCH3 is 4. The molecule has 0 spiro atoms. The van der Waals surface area contributed by atoms with Crippen LogP contribution in [0.3, 0.4) is 0 Å². The average Bonchev–Trinajstić information content (AvgIpc) is 2.48. The van der Waals surface area contributed by atoms with Crippen LogP contribution in [0.15, 0.2) is 12.1 Å². The summed E-state index contributed by atoms with van der Waals surface area (Å²) in [4.78, 5) is 11.8. The number of benzene rings is 1. The summed E-state index contributed by atoms with van der Waals surface area (Å²) in [5.74, 6) is 0.889. The molecule has 8 heteroatoms. The maximum atomic E-state index is 11.8. The van der Waals surface area contributed by atoms with Gasteiger partial charge in [-0.25, -0.2) is 4.79 Å². The minimum Gasteiger partial charge on any atom is -0.495 e. The zero-order valence-electron chi connectivity index (χ0n) is 12.4. The van der Waals surface area contributed by atoms with E-state index in [2.05, 4.69) is 10.6 Å². The smallest absolute Gasteiger partial charge is 0.319 e. The van der Waals surface area contributed by atoms with Crippen molar-refractivity contribution in [3.63, 3.8) is 0 Å². The van der Waals surface area contributed by atoms with E-state index in [1.165, 1.54) is 28.4 Å². The fraction of sp³-hybridized carbons (Fsp3) is 0.462. The summed E-state index contributed by atoms with van der Waals surface area (Å²) in [6.07, 6.45) is -0.517. The Morgan fingerprint density at radius 2 is 1.76 bits per heavy atom. The molecule has 0 saturated heterocycles. The van der Waals surface area contributed by atoms with Gasteiger partial charge >= 0.3 is 6.03 Å². The van der Waals surface area contributed by atoms with Crippen LogP contribution in [-0.4, -0.2) is 47.3 Å². The Morgan fingerprint density at radius 1 is 1.14 bits per heavy atom. The first-order valence-corrected chi connectivity index (χ1v) is 6.45. The normalized spacial score (nSPS) is 10.4. The Labute approximate surface area is 128 Å². The molecule has 2 amide bonds. The third kappa shape index (κ3) is 4.96. The molecule has 0 unspecified atom stereocenters. The molecule has 0 radical (unpaired) electrons. The van der Waals surface area contributed by atoms with Gasteiger partial charge in [0.25, 0.3) is 0 Å². The van der Waals surface area contributed by atoms with Gasteiger partial charge in [-0.2, -0.15) is 0 Å². The van der Waals surface area contributed by atoms with E-state index in [-0.39, 0.29) is 6.54 Å². The van der Waals surface area contributed by atoms with Crippen molar-refractivity contribution in [2.45, 2.75) is 6.29 Å². The molecule has 7 nitrogen and oxygen atoms in total. The summed E-state index contributed by atoms with van der Waals surface area (Å²) in [6, 6.07) is 2.70. The second-order valence-corrected chi connectivity index (χ2v) is 4.33. The van der Waals surface area contributed by atoms with Crippen molar-refractivity contribution in [3.8, 4) is 11.5 Å². The summed E-state index contributed by atoms with van der Waals surface area (Å²) >= 11 is 6.02. The minimum absolute atomic E-state index is 0.199. The van der Waals surface area contributed by atoms with Crippen molar-refractivity contribution in [1.29, 1.82) is 0 Å². The third-order valence-electron chi connectivity index (χ3n) is 2.68. The molecule has 118 valence electrons. The first-order chi connectivity index (χ1) is 10.0. The Kier molecular flexibility index (Phi) is 7.07. The van der Waals surface area contributed by atoms with Crippen molar-refractivity contribution in [3.05, 3.63) is 17.2 Å². The van der Waals surface area contributed by atoms with Gasteiger partial charge in [0.15, 0.2) is 6.29 Å². The highest BCUT2D eigenvalue weighted by atomic mass is 35.5. The van der Waals surface area contributed by atoms with Gasteiger partial charge in [-0.15, -0.1) is 0 Å². The molecule has 1 aromatic rings. The SMILES string of the molecule is COc1cc(OC)c(NC(=O)NCC(OC)OC)cc1Cl. The standard InChI is InChI=1S/C13H19ClN2O5/c1-18-10-6-11(19-2)9(5-8(10)14)16-13(17)15-7-12(20-3)21-4/h5-6,12H,7H2,1-4H3,(H2,15,16,17). The van der Waals surface area contributed by atoms with E-state index < -0.39 is 12.3 Å². The quantitative estimate of drug-likeness (QED) is 0.753. The molecule has 21 heavy (non-hydrogen) atoms. The van der Waals surface area contributed by atoms with Crippen molar-refractivity contribution in [2.75, 3.05) is 40.3 Å². The van der Waals surface area contributed by atoms with Crippen molar-refractivity contribution in [2.24, 2.45) is 0 Å². The molecule has 0 bridgehead atoms. The molecule has 1 rings (SSSR count). The zero-order valence-corrected chi connectivity index (χ0v) is 13.1. The lowest BCUT2D eigenvalue weighted by Gasteiger charge is -2.16. The van der Waals surface area contributed by atoms with Crippen LogP contribution in [0.25, 0.3) is 0 Å². The molecule has 1 aromatic carbocycles. The molecular weight excluding hydrogens is 300 g/mol. The molecule has 0 aliphatic rings. The van der Waals surface area contributed by atoms with Crippen LogP contribution in [0.1, 0.15) is 0 Å². The van der Waals surface area contributed by atoms with Gasteiger partial charge in [0.1, 0.15) is 11.5 Å². The molecule has 0 aliphatic heterocycles. The summed E-state index contributed by atoms with van der Waals surface area (Å²) in [7, 11) is 5.95. The summed E-state index contributed by atoms with van der Waals surface area (Å²) in [5.41, 5.74) is 0.423. The second kappa shape index (κ2) is 8.56. The lowest BCUT2D eigenvalue weighted by atomic mass is 10.2. The Hall–Kier alpha value is -1.70. The highest BCUT2D eigenvalue weighted by Gasteiger charge is 2.13. The van der Waals surface area contributed by atoms with Gasteiger partial charge in [0.2, 0.25) is 0 Å². The number of ether oxygens (including phenoxy) is 4. The third-order valence-corrected chi connectivity index (χ3v) is 2.97. The fourth-order valence-electron chi connectivity index (χ4n) is 1.56. The van der Waals surface area contributed by atoms with Crippen LogP contribution >= 0.6 is 11.6 Å². The number of hydrogen-bond donors (Lipinski definition) is 2. The monoisotopic (exact) mass is 318 g/mol. The Morgan fingerprint density at radius 3 is 2.29 bits per heavy atom. The molecule has 0 atom stereocenters. The molecule has 0 aliphatic carbocycles. The molecule has 0 fully saturated rings. The molecule has 0 saturated carbocycles. The maximum Gasteiger partial charge on any atom is 0.319 e. The van der Waals surface area contributed by atoms with Crippen molar-refractivity contribution in [1.82, 2.24) is 5.32 Å². The van der Waals surface area contributed by atoms with Gasteiger partial charge in [-0.1, -0.05) is 11.6 Å². The van der Waals surface area contributed by atoms with E-state index in [0.717, 1.165) is 0 Å². The summed E-state index contributed by atoms with van der Waals surface area (Å²) in [5, 5.41) is 5.59. The Balaban J connectivity index is 2.73. The summed E-state index contributed by atoms with van der Waals surface area (Å²) in [6.45, 7) is 0.199. The topological polar surface area (TPSA) is 78.1 Å². The van der Waals surface area contributed by atoms with Gasteiger partial charge < -0.3 is 29.6 Å². The van der Waals surface area contributed by atoms with Crippen LogP contribution in [0.2, 0.25) is 5.02 Å². The van der Waals surface area contributed by atoms with Gasteiger partial charge in [-0.05, 0) is 6.07 Å². The fourth-order valence-corrected chi connectivity index (χ4v) is 1.80. The van der Waals surface area contributed by atoms with E-state index >= 15 is 0 Å². The predicted molar refractivity (Wildman–Crippen MR) is 79.4 cm³/mol. The van der Waals surface area contributed by atoms with Gasteiger partial charge in [0.05, 0.1) is 31.5 Å². The first kappa shape index (κ1) is 17.4. The average molecular weight is 319 g/mol. The molecule has 2 N–H and O–H groups in total. The van der Waals surface area contributed by atoms with E-state index in [0.29, 0.717) is 22.2 Å². The van der Waals surface area contributed by atoms with Crippen LogP contribution in [0.4, 0.5) is 10.5 Å². The van der Waals surface area contributed by atoms with E-state index in [1.807, 2.05) is 0 Å². The van der Waals surface area contributed by atoms with E-state index in [1.54, 1.807) is 12.1 Å². The number of urea groups is 1. The summed E-state index contributed by atoms with van der Waals surface area (Å²) < 4.78 is 20.2. The van der Waals surface area contributed by atoms with Crippen LogP contribution in [0.5, 0.6) is 11.5 Å². The number of nitrogens with one attached hydrogen (secondary N) is 2. The second-order valence-electron chi connectivity index (χ2n) is 3.92. The zero-order chi connectivity index (χ0) is 15.8. The lowest BCUT2D eigenvalue weighted by Crippen LogP contribution is -2.36. The largest absolute Gasteiger partial charge is 0.495 e. The van der Waals surface area contributed by atoms with Crippen molar-refractivity contribution < 1.29 is 23.7 Å².